The van der Waals surface area contributed by atoms with Gasteiger partial charge in [-0.25, -0.2) is 4.39 Å². The van der Waals surface area contributed by atoms with E-state index in [2.05, 4.69) is 10.5 Å². The van der Waals surface area contributed by atoms with Gasteiger partial charge in [0.15, 0.2) is 18.1 Å². The minimum Gasteiger partial charge on any atom is -0.490 e. The highest BCUT2D eigenvalue weighted by atomic mass is 127. The Kier molecular flexibility index (Phi) is 6.99. The minimum absolute atomic E-state index is 0.235. The van der Waals surface area contributed by atoms with Crippen molar-refractivity contribution in [2.24, 2.45) is 5.16 Å². The first kappa shape index (κ1) is 19.0. The fraction of sp³-hybridized carbons (Fsp3) is 0.176. The number of nitrogens with one attached hydrogen (secondary N) is 1. The number of oxime groups is 1. The highest BCUT2D eigenvalue weighted by molar-refractivity contribution is 14.1. The largest absolute Gasteiger partial charge is 0.490 e. The molecule has 0 spiro atoms. The third-order valence-corrected chi connectivity index (χ3v) is 3.82. The van der Waals surface area contributed by atoms with Crippen LogP contribution in [0.2, 0.25) is 0 Å². The first-order valence-corrected chi connectivity index (χ1v) is 8.43. The third-order valence-electron chi connectivity index (χ3n) is 3.01. The molecule has 6 nitrogen and oxygen atoms in total. The van der Waals surface area contributed by atoms with E-state index in [1.807, 2.05) is 29.5 Å². The molecule has 0 aliphatic carbocycles. The highest BCUT2D eigenvalue weighted by Gasteiger charge is 2.14. The number of rotatable bonds is 7. The molecule has 0 saturated carbocycles. The van der Waals surface area contributed by atoms with Gasteiger partial charge in [-0.2, -0.15) is 0 Å². The Labute approximate surface area is 157 Å². The standard InChI is InChI=1S/C17H16FIN2O4/c1-2-24-15-8-11(9-20-23)7-14(19)17(15)25-10-16(22)21-13-5-3-12(18)4-6-13/h3-9,23H,2,10H2,1H3,(H,21,22)/b20-9+. The maximum atomic E-state index is 12.9. The molecule has 0 radical (unpaired) electrons. The summed E-state index contributed by atoms with van der Waals surface area (Å²) in [6.07, 6.45) is 1.27. The maximum Gasteiger partial charge on any atom is 0.262 e. The summed E-state index contributed by atoms with van der Waals surface area (Å²) in [6.45, 7) is 2.00. The lowest BCUT2D eigenvalue weighted by atomic mass is 10.2. The van der Waals surface area contributed by atoms with Crippen LogP contribution in [0.5, 0.6) is 11.5 Å². The van der Waals surface area contributed by atoms with Crippen LogP contribution in [-0.4, -0.2) is 30.5 Å². The van der Waals surface area contributed by atoms with Gasteiger partial charge in [0.05, 0.1) is 16.4 Å². The summed E-state index contributed by atoms with van der Waals surface area (Å²) in [6, 6.07) is 8.83. The monoisotopic (exact) mass is 458 g/mol. The van der Waals surface area contributed by atoms with Crippen LogP contribution < -0.4 is 14.8 Å². The molecule has 0 unspecified atom stereocenters. The van der Waals surface area contributed by atoms with E-state index < -0.39 is 0 Å². The Morgan fingerprint density at radius 2 is 2.04 bits per heavy atom. The van der Waals surface area contributed by atoms with Gasteiger partial charge in [-0.05, 0) is 65.9 Å². The van der Waals surface area contributed by atoms with Crippen LogP contribution in [0.3, 0.4) is 0 Å². The van der Waals surface area contributed by atoms with Gasteiger partial charge in [-0.1, -0.05) is 5.16 Å². The van der Waals surface area contributed by atoms with E-state index in [4.69, 9.17) is 14.7 Å². The van der Waals surface area contributed by atoms with Gasteiger partial charge in [0.1, 0.15) is 5.82 Å². The SMILES string of the molecule is CCOc1cc(/C=N/O)cc(I)c1OCC(=O)Nc1ccc(F)cc1. The molecule has 25 heavy (non-hydrogen) atoms. The number of halogens is 2. The molecule has 132 valence electrons. The molecule has 2 aromatic rings. The van der Waals surface area contributed by atoms with Crippen molar-refractivity contribution in [1.82, 2.24) is 0 Å². The van der Waals surface area contributed by atoms with Crippen molar-refractivity contribution in [1.29, 1.82) is 0 Å². The molecule has 0 heterocycles. The summed E-state index contributed by atoms with van der Waals surface area (Å²) in [5, 5.41) is 14.3. The second-order valence-electron chi connectivity index (χ2n) is 4.85. The van der Waals surface area contributed by atoms with E-state index in [0.29, 0.717) is 32.9 Å². The zero-order valence-corrected chi connectivity index (χ0v) is 15.5. The Hall–Kier alpha value is -2.36. The lowest BCUT2D eigenvalue weighted by Gasteiger charge is -2.14. The highest BCUT2D eigenvalue weighted by Crippen LogP contribution is 2.34. The number of benzene rings is 2. The second kappa shape index (κ2) is 9.21. The van der Waals surface area contributed by atoms with Gasteiger partial charge in [0, 0.05) is 11.3 Å². The first-order valence-electron chi connectivity index (χ1n) is 7.35. The van der Waals surface area contributed by atoms with Gasteiger partial charge in [-0.15, -0.1) is 0 Å². The van der Waals surface area contributed by atoms with E-state index in [9.17, 15) is 9.18 Å². The fourth-order valence-corrected chi connectivity index (χ4v) is 2.78. The van der Waals surface area contributed by atoms with Crippen LogP contribution in [-0.2, 0) is 4.79 Å². The van der Waals surface area contributed by atoms with Crippen LogP contribution in [0.15, 0.2) is 41.6 Å². The van der Waals surface area contributed by atoms with Gasteiger partial charge >= 0.3 is 0 Å². The third kappa shape index (κ3) is 5.59. The fourth-order valence-electron chi connectivity index (χ4n) is 2.00. The second-order valence-corrected chi connectivity index (χ2v) is 6.01. The predicted molar refractivity (Wildman–Crippen MR) is 100 cm³/mol. The number of anilines is 1. The van der Waals surface area contributed by atoms with E-state index >= 15 is 0 Å². The summed E-state index contributed by atoms with van der Waals surface area (Å²) < 4.78 is 24.7. The molecule has 2 N–H and O–H groups in total. The molecule has 2 aromatic carbocycles. The maximum absolute atomic E-state index is 12.9. The van der Waals surface area contributed by atoms with Crippen molar-refractivity contribution in [2.45, 2.75) is 6.92 Å². The summed E-state index contributed by atoms with van der Waals surface area (Å²) in [5.74, 6) is 0.105. The van der Waals surface area contributed by atoms with Crippen LogP contribution >= 0.6 is 22.6 Å². The summed E-state index contributed by atoms with van der Waals surface area (Å²) in [7, 11) is 0. The van der Waals surface area contributed by atoms with E-state index in [1.54, 1.807) is 12.1 Å². The quantitative estimate of drug-likeness (QED) is 0.287. The van der Waals surface area contributed by atoms with Gasteiger partial charge in [0.25, 0.3) is 5.91 Å². The van der Waals surface area contributed by atoms with E-state index in [1.165, 1.54) is 30.5 Å². The number of carbonyl (C=O) groups is 1. The Bertz CT molecular complexity index is 766. The molecule has 0 fully saturated rings. The molecule has 0 aliphatic rings. The van der Waals surface area contributed by atoms with Crippen LogP contribution in [0, 0.1) is 9.39 Å². The molecule has 0 aromatic heterocycles. The molecule has 1 amide bonds. The number of nitrogens with zero attached hydrogens (tertiary/aromatic N) is 1. The van der Waals surface area contributed by atoms with Crippen molar-refractivity contribution in [3.05, 3.63) is 51.3 Å². The topological polar surface area (TPSA) is 80.2 Å². The summed E-state index contributed by atoms with van der Waals surface area (Å²) in [4.78, 5) is 12.0. The number of carbonyl (C=O) groups excluding carboxylic acids is 1. The molecule has 2 rings (SSSR count). The number of ether oxygens (including phenoxy) is 2. The molecule has 0 atom stereocenters. The van der Waals surface area contributed by atoms with Gasteiger partial charge in [0.2, 0.25) is 0 Å². The van der Waals surface area contributed by atoms with Crippen LogP contribution in [0.4, 0.5) is 10.1 Å². The number of hydrogen-bond donors (Lipinski definition) is 2. The van der Waals surface area contributed by atoms with Crippen molar-refractivity contribution in [2.75, 3.05) is 18.5 Å². The first-order chi connectivity index (χ1) is 12.0. The molecular formula is C17H16FIN2O4. The number of hydrogen-bond acceptors (Lipinski definition) is 5. The van der Waals surface area contributed by atoms with Crippen molar-refractivity contribution < 1.29 is 23.9 Å². The molecule has 0 saturated heterocycles. The van der Waals surface area contributed by atoms with E-state index in [0.717, 1.165) is 0 Å². The van der Waals surface area contributed by atoms with Crippen LogP contribution in [0.1, 0.15) is 12.5 Å². The average Bonchev–Trinajstić information content (AvgIpc) is 2.57. The van der Waals surface area contributed by atoms with Crippen molar-refractivity contribution in [3.63, 3.8) is 0 Å². The van der Waals surface area contributed by atoms with Gasteiger partial charge < -0.3 is 20.0 Å². The summed E-state index contributed by atoms with van der Waals surface area (Å²) in [5.41, 5.74) is 1.11. The molecule has 0 aliphatic heterocycles. The van der Waals surface area contributed by atoms with Gasteiger partial charge in [-0.3, -0.25) is 4.79 Å². The zero-order valence-electron chi connectivity index (χ0n) is 13.3. The lowest BCUT2D eigenvalue weighted by Crippen LogP contribution is -2.20. The normalized spacial score (nSPS) is 10.7. The lowest BCUT2D eigenvalue weighted by molar-refractivity contribution is -0.118. The molecule has 0 bridgehead atoms. The predicted octanol–water partition coefficient (Wildman–Crippen LogP) is 3.65. The zero-order chi connectivity index (χ0) is 18.2. The van der Waals surface area contributed by atoms with E-state index in [-0.39, 0.29) is 18.3 Å². The Morgan fingerprint density at radius 3 is 2.68 bits per heavy atom. The summed E-state index contributed by atoms with van der Waals surface area (Å²) >= 11 is 2.04. The Balaban J connectivity index is 2.08. The van der Waals surface area contributed by atoms with Crippen molar-refractivity contribution in [3.8, 4) is 11.5 Å². The Morgan fingerprint density at radius 1 is 1.32 bits per heavy atom. The number of amides is 1. The average molecular weight is 458 g/mol. The smallest absolute Gasteiger partial charge is 0.262 e. The molecular weight excluding hydrogens is 442 g/mol. The van der Waals surface area contributed by atoms with Crippen molar-refractivity contribution >= 4 is 40.4 Å². The van der Waals surface area contributed by atoms with Crippen LogP contribution in [0.25, 0.3) is 0 Å². The minimum atomic E-state index is -0.383. The molecule has 8 heteroatoms.